The van der Waals surface area contributed by atoms with Crippen molar-refractivity contribution in [2.45, 2.75) is 6.92 Å². The van der Waals surface area contributed by atoms with Crippen LogP contribution in [0.3, 0.4) is 0 Å². The van der Waals surface area contributed by atoms with E-state index < -0.39 is 0 Å². The number of benzene rings is 1. The molecule has 0 fully saturated rings. The molecule has 1 N–H and O–H groups in total. The third kappa shape index (κ3) is 2.13. The molecule has 0 bridgehead atoms. The SMILES string of the molecule is Cc1nccc(-c2cc(Cl)cc(Cl)c2)c1O. The van der Waals surface area contributed by atoms with E-state index in [4.69, 9.17) is 23.2 Å². The first-order valence-corrected chi connectivity index (χ1v) is 5.44. The summed E-state index contributed by atoms with van der Waals surface area (Å²) in [5.41, 5.74) is 2.03. The molecule has 0 radical (unpaired) electrons. The summed E-state index contributed by atoms with van der Waals surface area (Å²) in [5.74, 6) is 0.154. The molecular formula is C12H9Cl2NO. The van der Waals surface area contributed by atoms with Gasteiger partial charge in [0.2, 0.25) is 0 Å². The molecule has 82 valence electrons. The molecule has 0 unspecified atom stereocenters. The van der Waals surface area contributed by atoms with Crippen LogP contribution in [-0.4, -0.2) is 10.1 Å². The third-order valence-electron chi connectivity index (χ3n) is 2.28. The highest BCUT2D eigenvalue weighted by Gasteiger charge is 2.08. The molecule has 0 spiro atoms. The number of halogens is 2. The molecule has 1 aromatic heterocycles. The lowest BCUT2D eigenvalue weighted by Crippen LogP contribution is -1.86. The summed E-state index contributed by atoms with van der Waals surface area (Å²) in [6, 6.07) is 6.88. The van der Waals surface area contributed by atoms with Crippen LogP contribution in [0, 0.1) is 6.92 Å². The van der Waals surface area contributed by atoms with Crippen LogP contribution in [0.15, 0.2) is 30.5 Å². The number of aromatic nitrogens is 1. The smallest absolute Gasteiger partial charge is 0.144 e. The fourth-order valence-electron chi connectivity index (χ4n) is 1.50. The molecular weight excluding hydrogens is 245 g/mol. The molecule has 0 aliphatic carbocycles. The molecule has 2 rings (SSSR count). The molecule has 0 aliphatic rings. The molecule has 16 heavy (non-hydrogen) atoms. The van der Waals surface area contributed by atoms with Crippen molar-refractivity contribution in [1.82, 2.24) is 4.98 Å². The summed E-state index contributed by atoms with van der Waals surface area (Å²) in [4.78, 5) is 3.99. The summed E-state index contributed by atoms with van der Waals surface area (Å²) in [6.45, 7) is 1.74. The van der Waals surface area contributed by atoms with Gasteiger partial charge in [-0.25, -0.2) is 0 Å². The monoisotopic (exact) mass is 253 g/mol. The lowest BCUT2D eigenvalue weighted by atomic mass is 10.1. The standard InChI is InChI=1S/C12H9Cl2NO/c1-7-12(16)11(2-3-15-7)8-4-9(13)6-10(14)5-8/h2-6,16H,1H3. The quantitative estimate of drug-likeness (QED) is 0.832. The van der Waals surface area contributed by atoms with Gasteiger partial charge in [0.1, 0.15) is 5.75 Å². The minimum absolute atomic E-state index is 0.154. The zero-order valence-corrected chi connectivity index (χ0v) is 10.0. The topological polar surface area (TPSA) is 33.1 Å². The van der Waals surface area contributed by atoms with Gasteiger partial charge in [0.25, 0.3) is 0 Å². The lowest BCUT2D eigenvalue weighted by molar-refractivity contribution is 0.470. The normalized spacial score (nSPS) is 10.4. The number of nitrogens with zero attached hydrogens (tertiary/aromatic N) is 1. The van der Waals surface area contributed by atoms with Crippen LogP contribution in [0.5, 0.6) is 5.75 Å². The lowest BCUT2D eigenvalue weighted by Gasteiger charge is -2.07. The van der Waals surface area contributed by atoms with E-state index in [-0.39, 0.29) is 5.75 Å². The highest BCUT2D eigenvalue weighted by Crippen LogP contribution is 2.33. The van der Waals surface area contributed by atoms with Crippen LogP contribution < -0.4 is 0 Å². The second kappa shape index (κ2) is 4.32. The van der Waals surface area contributed by atoms with Crippen LogP contribution in [0.1, 0.15) is 5.69 Å². The number of hydrogen-bond acceptors (Lipinski definition) is 2. The van der Waals surface area contributed by atoms with E-state index in [1.54, 1.807) is 37.4 Å². The molecule has 1 heterocycles. The number of hydrogen-bond donors (Lipinski definition) is 1. The Kier molecular flexibility index (Phi) is 3.03. The van der Waals surface area contributed by atoms with Gasteiger partial charge in [-0.15, -0.1) is 0 Å². The van der Waals surface area contributed by atoms with Crippen molar-refractivity contribution in [1.29, 1.82) is 0 Å². The van der Waals surface area contributed by atoms with E-state index in [2.05, 4.69) is 4.98 Å². The maximum Gasteiger partial charge on any atom is 0.144 e. The van der Waals surface area contributed by atoms with E-state index in [1.807, 2.05) is 0 Å². The largest absolute Gasteiger partial charge is 0.505 e. The predicted molar refractivity (Wildman–Crippen MR) is 66.1 cm³/mol. The highest BCUT2D eigenvalue weighted by molar-refractivity contribution is 6.35. The van der Waals surface area contributed by atoms with Crippen molar-refractivity contribution in [3.05, 3.63) is 46.2 Å². The van der Waals surface area contributed by atoms with Gasteiger partial charge in [-0.2, -0.15) is 0 Å². The van der Waals surface area contributed by atoms with Gasteiger partial charge in [-0.3, -0.25) is 4.98 Å². The number of aryl methyl sites for hydroxylation is 1. The summed E-state index contributed by atoms with van der Waals surface area (Å²) in [7, 11) is 0. The Balaban J connectivity index is 2.63. The predicted octanol–water partition coefficient (Wildman–Crippen LogP) is 4.07. The number of rotatable bonds is 1. The van der Waals surface area contributed by atoms with E-state index in [1.165, 1.54) is 0 Å². The zero-order valence-electron chi connectivity index (χ0n) is 8.54. The average molecular weight is 254 g/mol. The number of aromatic hydroxyl groups is 1. The molecule has 0 saturated heterocycles. The first kappa shape index (κ1) is 11.2. The van der Waals surface area contributed by atoms with Gasteiger partial charge in [0, 0.05) is 21.8 Å². The Morgan fingerprint density at radius 2 is 1.75 bits per heavy atom. The van der Waals surface area contributed by atoms with Gasteiger partial charge in [0.15, 0.2) is 0 Å². The Morgan fingerprint density at radius 1 is 1.12 bits per heavy atom. The average Bonchev–Trinajstić information content (AvgIpc) is 2.20. The molecule has 1 aromatic carbocycles. The molecule has 4 heteroatoms. The molecule has 0 amide bonds. The van der Waals surface area contributed by atoms with Crippen LogP contribution >= 0.6 is 23.2 Å². The third-order valence-corrected chi connectivity index (χ3v) is 2.72. The molecule has 2 aromatic rings. The van der Waals surface area contributed by atoms with Gasteiger partial charge in [0.05, 0.1) is 5.69 Å². The van der Waals surface area contributed by atoms with Crippen molar-refractivity contribution in [2.75, 3.05) is 0 Å². The molecule has 0 atom stereocenters. The molecule has 0 saturated carbocycles. The van der Waals surface area contributed by atoms with Gasteiger partial charge in [-0.1, -0.05) is 23.2 Å². The number of pyridine rings is 1. The maximum atomic E-state index is 9.88. The summed E-state index contributed by atoms with van der Waals surface area (Å²) in [6.07, 6.45) is 1.64. The van der Waals surface area contributed by atoms with Crippen molar-refractivity contribution < 1.29 is 5.11 Å². The van der Waals surface area contributed by atoms with E-state index in [9.17, 15) is 5.11 Å². The second-order valence-electron chi connectivity index (χ2n) is 3.45. The van der Waals surface area contributed by atoms with Crippen molar-refractivity contribution >= 4 is 23.2 Å². The first-order chi connectivity index (χ1) is 7.58. The van der Waals surface area contributed by atoms with Gasteiger partial charge in [-0.05, 0) is 36.8 Å². The highest BCUT2D eigenvalue weighted by atomic mass is 35.5. The van der Waals surface area contributed by atoms with Crippen LogP contribution in [-0.2, 0) is 0 Å². The fraction of sp³-hybridized carbons (Fsp3) is 0.0833. The Bertz CT molecular complexity index is 520. The van der Waals surface area contributed by atoms with Crippen LogP contribution in [0.25, 0.3) is 11.1 Å². The van der Waals surface area contributed by atoms with Crippen molar-refractivity contribution in [3.8, 4) is 16.9 Å². The second-order valence-corrected chi connectivity index (χ2v) is 4.32. The Morgan fingerprint density at radius 3 is 2.38 bits per heavy atom. The zero-order chi connectivity index (χ0) is 11.7. The van der Waals surface area contributed by atoms with Crippen molar-refractivity contribution in [3.63, 3.8) is 0 Å². The van der Waals surface area contributed by atoms with E-state index in [0.717, 1.165) is 5.56 Å². The summed E-state index contributed by atoms with van der Waals surface area (Å²) >= 11 is 11.8. The van der Waals surface area contributed by atoms with E-state index >= 15 is 0 Å². The van der Waals surface area contributed by atoms with Crippen LogP contribution in [0.4, 0.5) is 0 Å². The first-order valence-electron chi connectivity index (χ1n) is 4.69. The van der Waals surface area contributed by atoms with Crippen LogP contribution in [0.2, 0.25) is 10.0 Å². The Labute approximate surface area is 103 Å². The van der Waals surface area contributed by atoms with E-state index in [0.29, 0.717) is 21.3 Å². The minimum Gasteiger partial charge on any atom is -0.505 e. The van der Waals surface area contributed by atoms with Crippen molar-refractivity contribution in [2.24, 2.45) is 0 Å². The maximum absolute atomic E-state index is 9.88. The summed E-state index contributed by atoms with van der Waals surface area (Å²) in [5, 5.41) is 11.0. The van der Waals surface area contributed by atoms with Gasteiger partial charge < -0.3 is 5.11 Å². The summed E-state index contributed by atoms with van der Waals surface area (Å²) < 4.78 is 0. The molecule has 2 nitrogen and oxygen atoms in total. The minimum atomic E-state index is 0.154. The van der Waals surface area contributed by atoms with Gasteiger partial charge >= 0.3 is 0 Å². The fourth-order valence-corrected chi connectivity index (χ4v) is 2.03. The Hall–Kier alpha value is -1.25. The molecule has 0 aliphatic heterocycles.